The number of alkyl halides is 1. The van der Waals surface area contributed by atoms with E-state index in [0.717, 1.165) is 39.0 Å². The topological polar surface area (TPSA) is 36.3 Å². The highest BCUT2D eigenvalue weighted by atomic mass is 79.9. The molecule has 6 heteroatoms. The molecule has 0 saturated carbocycles. The molecule has 0 saturated heterocycles. The van der Waals surface area contributed by atoms with Crippen LogP contribution in [0, 0.1) is 0 Å². The fraction of sp³-hybridized carbons (Fsp3) is 0.357. The molecule has 1 heterocycles. The van der Waals surface area contributed by atoms with E-state index >= 15 is 0 Å². The molecule has 108 valence electrons. The van der Waals surface area contributed by atoms with Gasteiger partial charge in [-0.3, -0.25) is 4.68 Å². The molecular weight excluding hydrogens is 388 g/mol. The molecule has 0 fully saturated rings. The molecule has 0 unspecified atom stereocenters. The summed E-state index contributed by atoms with van der Waals surface area (Å²) in [6.07, 6.45) is 2.59. The predicted octanol–water partition coefficient (Wildman–Crippen LogP) is 3.71. The van der Waals surface area contributed by atoms with Crippen LogP contribution in [-0.4, -0.2) is 23.5 Å². The number of ether oxygens (including phenoxy) is 2. The Bertz CT molecular complexity index is 585. The minimum Gasteiger partial charge on any atom is -0.493 e. The van der Waals surface area contributed by atoms with Crippen LogP contribution >= 0.6 is 31.9 Å². The summed E-state index contributed by atoms with van der Waals surface area (Å²) in [5.74, 6) is 1.47. The van der Waals surface area contributed by atoms with Gasteiger partial charge in [-0.05, 0) is 39.7 Å². The summed E-state index contributed by atoms with van der Waals surface area (Å²) in [5, 5.41) is 4.91. The minimum absolute atomic E-state index is 0.572. The van der Waals surface area contributed by atoms with Crippen molar-refractivity contribution in [1.82, 2.24) is 9.78 Å². The smallest absolute Gasteiger partial charge is 0.175 e. The van der Waals surface area contributed by atoms with Crippen molar-refractivity contribution < 1.29 is 9.47 Å². The predicted molar refractivity (Wildman–Crippen MR) is 85.7 cm³/mol. The van der Waals surface area contributed by atoms with E-state index in [1.165, 1.54) is 0 Å². The van der Waals surface area contributed by atoms with Crippen molar-refractivity contribution in [2.24, 2.45) is 7.05 Å². The lowest BCUT2D eigenvalue weighted by Gasteiger charge is -2.14. The summed E-state index contributed by atoms with van der Waals surface area (Å²) in [6.45, 7) is 0.572. The highest BCUT2D eigenvalue weighted by Crippen LogP contribution is 2.37. The Morgan fingerprint density at radius 1 is 1.35 bits per heavy atom. The second kappa shape index (κ2) is 7.13. The average Bonchev–Trinajstić information content (AvgIpc) is 2.85. The number of hydrogen-bond donors (Lipinski definition) is 0. The summed E-state index contributed by atoms with van der Waals surface area (Å²) in [5.41, 5.74) is 2.27. The molecule has 0 aliphatic carbocycles. The van der Waals surface area contributed by atoms with Gasteiger partial charge < -0.3 is 9.47 Å². The molecular formula is C14H16Br2N2O2. The third kappa shape index (κ3) is 3.55. The molecule has 0 aliphatic rings. The lowest BCUT2D eigenvalue weighted by Crippen LogP contribution is -2.07. The van der Waals surface area contributed by atoms with Crippen molar-refractivity contribution in [2.75, 3.05) is 13.7 Å². The molecule has 1 aromatic heterocycles. The Morgan fingerprint density at radius 2 is 2.15 bits per heavy atom. The van der Waals surface area contributed by atoms with E-state index in [9.17, 15) is 0 Å². The summed E-state index contributed by atoms with van der Waals surface area (Å²) in [4.78, 5) is 0. The van der Waals surface area contributed by atoms with Gasteiger partial charge in [0.15, 0.2) is 11.5 Å². The van der Waals surface area contributed by atoms with E-state index in [1.54, 1.807) is 13.3 Å². The lowest BCUT2D eigenvalue weighted by atomic mass is 10.2. The van der Waals surface area contributed by atoms with Crippen LogP contribution in [0.1, 0.15) is 11.3 Å². The van der Waals surface area contributed by atoms with Crippen molar-refractivity contribution in [1.29, 1.82) is 0 Å². The zero-order valence-corrected chi connectivity index (χ0v) is 14.6. The quantitative estimate of drug-likeness (QED) is 0.690. The zero-order chi connectivity index (χ0) is 14.5. The standard InChI is InChI=1S/C14H16Br2N2O2/c1-18-11(3-5-17-18)4-6-20-14-12(16)7-10(9-15)8-13(14)19-2/h3,5,7-8H,4,6,9H2,1-2H3. The Hall–Kier alpha value is -1.01. The van der Waals surface area contributed by atoms with Gasteiger partial charge in [0.25, 0.3) is 0 Å². The molecule has 2 aromatic rings. The number of hydrogen-bond acceptors (Lipinski definition) is 3. The molecule has 0 N–H and O–H groups in total. The summed E-state index contributed by atoms with van der Waals surface area (Å²) >= 11 is 6.97. The van der Waals surface area contributed by atoms with Crippen LogP contribution in [0.15, 0.2) is 28.9 Å². The van der Waals surface area contributed by atoms with E-state index in [1.807, 2.05) is 29.9 Å². The molecule has 20 heavy (non-hydrogen) atoms. The third-order valence-electron chi connectivity index (χ3n) is 2.97. The Labute approximate surface area is 135 Å². The second-order valence-electron chi connectivity index (χ2n) is 4.29. The Kier molecular flexibility index (Phi) is 5.48. The molecule has 0 amide bonds. The minimum atomic E-state index is 0.572. The van der Waals surface area contributed by atoms with Crippen molar-refractivity contribution >= 4 is 31.9 Å². The molecule has 0 bridgehead atoms. The largest absolute Gasteiger partial charge is 0.493 e. The monoisotopic (exact) mass is 402 g/mol. The number of methoxy groups -OCH3 is 1. The van der Waals surface area contributed by atoms with Crippen LogP contribution in [0.4, 0.5) is 0 Å². The first-order valence-electron chi connectivity index (χ1n) is 6.17. The fourth-order valence-electron chi connectivity index (χ4n) is 1.89. The van der Waals surface area contributed by atoms with Gasteiger partial charge >= 0.3 is 0 Å². The van der Waals surface area contributed by atoms with E-state index in [4.69, 9.17) is 9.47 Å². The first-order chi connectivity index (χ1) is 9.65. The lowest BCUT2D eigenvalue weighted by molar-refractivity contribution is 0.293. The van der Waals surface area contributed by atoms with Crippen LogP contribution in [0.2, 0.25) is 0 Å². The van der Waals surface area contributed by atoms with E-state index in [0.29, 0.717) is 6.61 Å². The molecule has 4 nitrogen and oxygen atoms in total. The third-order valence-corrected chi connectivity index (χ3v) is 4.21. The first-order valence-corrected chi connectivity index (χ1v) is 8.09. The maximum absolute atomic E-state index is 5.86. The van der Waals surface area contributed by atoms with Gasteiger partial charge in [-0.15, -0.1) is 0 Å². The number of benzene rings is 1. The van der Waals surface area contributed by atoms with Gasteiger partial charge in [0.1, 0.15) is 0 Å². The number of rotatable bonds is 6. The van der Waals surface area contributed by atoms with Gasteiger partial charge in [-0.25, -0.2) is 0 Å². The number of nitrogens with zero attached hydrogens (tertiary/aromatic N) is 2. The average molecular weight is 404 g/mol. The normalized spacial score (nSPS) is 10.6. The highest BCUT2D eigenvalue weighted by molar-refractivity contribution is 9.10. The first kappa shape index (κ1) is 15.4. The molecule has 0 radical (unpaired) electrons. The summed E-state index contributed by atoms with van der Waals surface area (Å²) in [7, 11) is 3.57. The fourth-order valence-corrected chi connectivity index (χ4v) is 2.82. The Balaban J connectivity index is 2.07. The van der Waals surface area contributed by atoms with E-state index < -0.39 is 0 Å². The van der Waals surface area contributed by atoms with Gasteiger partial charge in [-0.1, -0.05) is 15.9 Å². The second-order valence-corrected chi connectivity index (χ2v) is 5.70. The Morgan fingerprint density at radius 3 is 2.75 bits per heavy atom. The number of halogens is 2. The molecule has 0 spiro atoms. The molecule has 0 atom stereocenters. The maximum atomic E-state index is 5.86. The molecule has 0 aliphatic heterocycles. The zero-order valence-electron chi connectivity index (χ0n) is 11.4. The number of aryl methyl sites for hydroxylation is 1. The van der Waals surface area contributed by atoms with Crippen LogP contribution < -0.4 is 9.47 Å². The van der Waals surface area contributed by atoms with Gasteiger partial charge in [0.05, 0.1) is 18.2 Å². The van der Waals surface area contributed by atoms with Crippen LogP contribution in [0.5, 0.6) is 11.5 Å². The SMILES string of the molecule is COc1cc(CBr)cc(Br)c1OCCc1ccnn1C. The number of aromatic nitrogens is 2. The van der Waals surface area contributed by atoms with Crippen LogP contribution in [0.3, 0.4) is 0 Å². The maximum Gasteiger partial charge on any atom is 0.175 e. The summed E-state index contributed by atoms with van der Waals surface area (Å²) in [6, 6.07) is 5.99. The van der Waals surface area contributed by atoms with Crippen molar-refractivity contribution in [3.63, 3.8) is 0 Å². The van der Waals surface area contributed by atoms with Crippen LogP contribution in [-0.2, 0) is 18.8 Å². The van der Waals surface area contributed by atoms with Crippen molar-refractivity contribution in [3.8, 4) is 11.5 Å². The van der Waals surface area contributed by atoms with E-state index in [2.05, 4.69) is 37.0 Å². The van der Waals surface area contributed by atoms with E-state index in [-0.39, 0.29) is 0 Å². The van der Waals surface area contributed by atoms with Gasteiger partial charge in [-0.2, -0.15) is 5.10 Å². The van der Waals surface area contributed by atoms with Gasteiger partial charge in [0.2, 0.25) is 0 Å². The highest BCUT2D eigenvalue weighted by Gasteiger charge is 2.11. The van der Waals surface area contributed by atoms with Gasteiger partial charge in [0, 0.05) is 30.7 Å². The molecule has 2 rings (SSSR count). The van der Waals surface area contributed by atoms with Crippen LogP contribution in [0.25, 0.3) is 0 Å². The van der Waals surface area contributed by atoms with Crippen molar-refractivity contribution in [3.05, 3.63) is 40.1 Å². The summed E-state index contributed by atoms with van der Waals surface area (Å²) < 4.78 is 14.0. The molecule has 1 aromatic carbocycles. The van der Waals surface area contributed by atoms with Crippen molar-refractivity contribution in [2.45, 2.75) is 11.8 Å².